The molecule has 0 bridgehead atoms. The number of carboxylic acids is 1. The first-order valence-corrected chi connectivity index (χ1v) is 5.14. The predicted octanol–water partition coefficient (Wildman–Crippen LogP) is 1.27. The van der Waals surface area contributed by atoms with Gasteiger partial charge < -0.3 is 10.4 Å². The fourth-order valence-corrected chi connectivity index (χ4v) is 2.04. The van der Waals surface area contributed by atoms with E-state index < -0.39 is 12.0 Å². The van der Waals surface area contributed by atoms with E-state index in [2.05, 4.69) is 10.3 Å². The van der Waals surface area contributed by atoms with Gasteiger partial charge in [-0.2, -0.15) is 0 Å². The first-order chi connectivity index (χ1) is 7.18. The molecule has 0 radical (unpaired) electrons. The third-order valence-electron chi connectivity index (χ3n) is 2.67. The van der Waals surface area contributed by atoms with E-state index in [9.17, 15) is 4.79 Å². The van der Waals surface area contributed by atoms with Crippen LogP contribution in [-0.4, -0.2) is 28.6 Å². The number of aromatic nitrogens is 1. The highest BCUT2D eigenvalue weighted by Gasteiger charge is 2.33. The molecule has 0 unspecified atom stereocenters. The normalized spacial score (nSPS) is 25.4. The van der Waals surface area contributed by atoms with Crippen LogP contribution in [0.2, 0.25) is 5.15 Å². The molecule has 1 aliphatic heterocycles. The van der Waals surface area contributed by atoms with Crippen LogP contribution in [0.15, 0.2) is 18.3 Å². The van der Waals surface area contributed by atoms with E-state index in [1.54, 1.807) is 12.3 Å². The van der Waals surface area contributed by atoms with E-state index in [0.29, 0.717) is 5.15 Å². The number of nitrogens with one attached hydrogen (secondary N) is 1. The molecule has 0 aliphatic carbocycles. The number of aliphatic carboxylic acids is 1. The van der Waals surface area contributed by atoms with Crippen molar-refractivity contribution in [3.63, 3.8) is 0 Å². The molecule has 0 aromatic carbocycles. The van der Waals surface area contributed by atoms with Crippen molar-refractivity contribution in [2.45, 2.75) is 18.4 Å². The Kier molecular flexibility index (Phi) is 2.88. The lowest BCUT2D eigenvalue weighted by Gasteiger charge is -2.15. The Morgan fingerprint density at radius 3 is 3.00 bits per heavy atom. The zero-order valence-electron chi connectivity index (χ0n) is 7.98. The SMILES string of the molecule is O=C(O)[C@@H]1NCC[C@@H]1c1ccc(Cl)nc1. The maximum Gasteiger partial charge on any atom is 0.321 e. The van der Waals surface area contributed by atoms with Crippen molar-refractivity contribution in [1.29, 1.82) is 0 Å². The Bertz CT molecular complexity index is 366. The molecule has 1 saturated heterocycles. The van der Waals surface area contributed by atoms with Gasteiger partial charge in [0.25, 0.3) is 0 Å². The lowest BCUT2D eigenvalue weighted by atomic mass is 9.93. The molecule has 1 aliphatic rings. The van der Waals surface area contributed by atoms with Crippen LogP contribution >= 0.6 is 11.6 Å². The Hall–Kier alpha value is -1.13. The summed E-state index contributed by atoms with van der Waals surface area (Å²) in [5.41, 5.74) is 0.928. The van der Waals surface area contributed by atoms with Crippen LogP contribution < -0.4 is 5.32 Å². The molecule has 1 aromatic heterocycles. The highest BCUT2D eigenvalue weighted by Crippen LogP contribution is 2.27. The quantitative estimate of drug-likeness (QED) is 0.746. The largest absolute Gasteiger partial charge is 0.480 e. The van der Waals surface area contributed by atoms with Gasteiger partial charge in [-0.15, -0.1) is 0 Å². The first-order valence-electron chi connectivity index (χ1n) is 4.76. The summed E-state index contributed by atoms with van der Waals surface area (Å²) in [7, 11) is 0. The molecule has 0 saturated carbocycles. The second-order valence-corrected chi connectivity index (χ2v) is 3.97. The Balaban J connectivity index is 2.22. The van der Waals surface area contributed by atoms with E-state index in [1.807, 2.05) is 6.07 Å². The van der Waals surface area contributed by atoms with Crippen molar-refractivity contribution in [1.82, 2.24) is 10.3 Å². The molecule has 15 heavy (non-hydrogen) atoms. The number of carboxylic acid groups (broad SMARTS) is 1. The van der Waals surface area contributed by atoms with Gasteiger partial charge in [0, 0.05) is 12.1 Å². The Labute approximate surface area is 92.3 Å². The van der Waals surface area contributed by atoms with E-state index >= 15 is 0 Å². The van der Waals surface area contributed by atoms with Crippen LogP contribution in [0.4, 0.5) is 0 Å². The Morgan fingerprint density at radius 2 is 2.40 bits per heavy atom. The van der Waals surface area contributed by atoms with Gasteiger partial charge in [0.05, 0.1) is 0 Å². The average molecular weight is 227 g/mol. The summed E-state index contributed by atoms with van der Waals surface area (Å²) >= 11 is 5.67. The van der Waals surface area contributed by atoms with Crippen LogP contribution in [0.5, 0.6) is 0 Å². The molecule has 2 rings (SSSR count). The van der Waals surface area contributed by atoms with Crippen LogP contribution in [0.3, 0.4) is 0 Å². The van der Waals surface area contributed by atoms with Gasteiger partial charge in [0.1, 0.15) is 11.2 Å². The van der Waals surface area contributed by atoms with Gasteiger partial charge in [-0.05, 0) is 24.6 Å². The standard InChI is InChI=1S/C10H11ClN2O2/c11-8-2-1-6(5-13-8)7-3-4-12-9(7)10(14)15/h1-2,5,7,9,12H,3-4H2,(H,14,15)/t7-,9-/m1/s1. The predicted molar refractivity (Wildman–Crippen MR) is 56.0 cm³/mol. The summed E-state index contributed by atoms with van der Waals surface area (Å²) in [5.74, 6) is -0.820. The summed E-state index contributed by atoms with van der Waals surface area (Å²) in [6.07, 6.45) is 2.47. The number of pyridine rings is 1. The van der Waals surface area contributed by atoms with Crippen molar-refractivity contribution < 1.29 is 9.90 Å². The van der Waals surface area contributed by atoms with Gasteiger partial charge in [-0.25, -0.2) is 4.98 Å². The molecule has 2 atom stereocenters. The van der Waals surface area contributed by atoms with Crippen molar-refractivity contribution in [3.05, 3.63) is 29.0 Å². The van der Waals surface area contributed by atoms with Crippen molar-refractivity contribution >= 4 is 17.6 Å². The highest BCUT2D eigenvalue weighted by molar-refractivity contribution is 6.29. The van der Waals surface area contributed by atoms with E-state index in [0.717, 1.165) is 18.5 Å². The molecule has 2 heterocycles. The average Bonchev–Trinajstić information content (AvgIpc) is 2.67. The van der Waals surface area contributed by atoms with E-state index in [1.165, 1.54) is 0 Å². The van der Waals surface area contributed by atoms with Crippen LogP contribution in [-0.2, 0) is 4.79 Å². The van der Waals surface area contributed by atoms with E-state index in [4.69, 9.17) is 16.7 Å². The maximum absolute atomic E-state index is 10.9. The minimum absolute atomic E-state index is 0.00716. The monoisotopic (exact) mass is 226 g/mol. The van der Waals surface area contributed by atoms with Crippen molar-refractivity contribution in [3.8, 4) is 0 Å². The molecule has 1 aromatic rings. The number of halogens is 1. The van der Waals surface area contributed by atoms with Gasteiger partial charge in [-0.3, -0.25) is 4.79 Å². The van der Waals surface area contributed by atoms with Crippen LogP contribution in [0, 0.1) is 0 Å². The minimum atomic E-state index is -0.813. The molecule has 0 spiro atoms. The second kappa shape index (κ2) is 4.16. The molecular formula is C10H11ClN2O2. The molecule has 80 valence electrons. The lowest BCUT2D eigenvalue weighted by molar-refractivity contribution is -0.139. The topological polar surface area (TPSA) is 62.2 Å². The highest BCUT2D eigenvalue weighted by atomic mass is 35.5. The van der Waals surface area contributed by atoms with Gasteiger partial charge in [-0.1, -0.05) is 17.7 Å². The van der Waals surface area contributed by atoms with Crippen LogP contribution in [0.25, 0.3) is 0 Å². The fourth-order valence-electron chi connectivity index (χ4n) is 1.93. The van der Waals surface area contributed by atoms with E-state index in [-0.39, 0.29) is 5.92 Å². The van der Waals surface area contributed by atoms with Crippen LogP contribution in [0.1, 0.15) is 17.9 Å². The van der Waals surface area contributed by atoms with Gasteiger partial charge in [0.15, 0.2) is 0 Å². The number of carbonyl (C=O) groups is 1. The van der Waals surface area contributed by atoms with Gasteiger partial charge in [0.2, 0.25) is 0 Å². The summed E-state index contributed by atoms with van der Waals surface area (Å²) < 4.78 is 0. The number of rotatable bonds is 2. The smallest absolute Gasteiger partial charge is 0.321 e. The summed E-state index contributed by atoms with van der Waals surface area (Å²) in [5, 5.41) is 12.4. The Morgan fingerprint density at radius 1 is 1.60 bits per heavy atom. The molecule has 2 N–H and O–H groups in total. The molecule has 5 heteroatoms. The molecule has 4 nitrogen and oxygen atoms in total. The minimum Gasteiger partial charge on any atom is -0.480 e. The summed E-state index contributed by atoms with van der Waals surface area (Å²) in [6.45, 7) is 0.726. The zero-order chi connectivity index (χ0) is 10.8. The van der Waals surface area contributed by atoms with Crippen molar-refractivity contribution in [2.75, 3.05) is 6.54 Å². The molecule has 1 fully saturated rings. The lowest BCUT2D eigenvalue weighted by Crippen LogP contribution is -2.34. The third-order valence-corrected chi connectivity index (χ3v) is 2.89. The maximum atomic E-state index is 10.9. The fraction of sp³-hybridized carbons (Fsp3) is 0.400. The van der Waals surface area contributed by atoms with Crippen molar-refractivity contribution in [2.24, 2.45) is 0 Å². The first kappa shape index (κ1) is 10.4. The number of hydrogen-bond acceptors (Lipinski definition) is 3. The third kappa shape index (κ3) is 2.11. The zero-order valence-corrected chi connectivity index (χ0v) is 8.74. The second-order valence-electron chi connectivity index (χ2n) is 3.58. The molecule has 0 amide bonds. The number of hydrogen-bond donors (Lipinski definition) is 2. The summed E-state index contributed by atoms with van der Waals surface area (Å²) in [6, 6.07) is 3.02. The van der Waals surface area contributed by atoms with Gasteiger partial charge >= 0.3 is 5.97 Å². The number of nitrogens with zero attached hydrogens (tertiary/aromatic N) is 1. The summed E-state index contributed by atoms with van der Waals surface area (Å²) in [4.78, 5) is 14.9. The molecular weight excluding hydrogens is 216 g/mol.